The SMILES string of the molecule is O=C(Cc1ccccc1C(=O)O)NCCCCC(F)(F)F. The van der Waals surface area contributed by atoms with Crippen molar-refractivity contribution < 1.29 is 27.9 Å². The van der Waals surface area contributed by atoms with Crippen molar-refractivity contribution in [3.63, 3.8) is 0 Å². The summed E-state index contributed by atoms with van der Waals surface area (Å²) < 4.78 is 35.7. The van der Waals surface area contributed by atoms with Crippen molar-refractivity contribution >= 4 is 11.9 Å². The average Bonchev–Trinajstić information content (AvgIpc) is 2.37. The van der Waals surface area contributed by atoms with Crippen LogP contribution in [0.4, 0.5) is 13.2 Å². The van der Waals surface area contributed by atoms with Crippen molar-refractivity contribution in [2.45, 2.75) is 31.9 Å². The lowest BCUT2D eigenvalue weighted by Crippen LogP contribution is -2.27. The van der Waals surface area contributed by atoms with E-state index in [-0.39, 0.29) is 31.4 Å². The average molecular weight is 303 g/mol. The van der Waals surface area contributed by atoms with Gasteiger partial charge >= 0.3 is 12.1 Å². The second-order valence-electron chi connectivity index (χ2n) is 4.56. The van der Waals surface area contributed by atoms with E-state index in [4.69, 9.17) is 5.11 Å². The monoisotopic (exact) mass is 303 g/mol. The molecule has 0 aliphatic rings. The van der Waals surface area contributed by atoms with Crippen LogP contribution in [0.2, 0.25) is 0 Å². The van der Waals surface area contributed by atoms with Gasteiger partial charge in [0.05, 0.1) is 12.0 Å². The van der Waals surface area contributed by atoms with Crippen LogP contribution >= 0.6 is 0 Å². The zero-order valence-electron chi connectivity index (χ0n) is 11.2. The standard InChI is InChI=1S/C14H16F3NO3/c15-14(16,17)7-3-4-8-18-12(19)9-10-5-1-2-6-11(10)13(20)21/h1-2,5-6H,3-4,7-9H2,(H,18,19)(H,20,21). The molecule has 116 valence electrons. The van der Waals surface area contributed by atoms with Gasteiger partial charge < -0.3 is 10.4 Å². The molecule has 0 fully saturated rings. The first kappa shape index (κ1) is 17.0. The zero-order valence-corrected chi connectivity index (χ0v) is 11.2. The number of carbonyl (C=O) groups is 2. The molecule has 0 bridgehead atoms. The Morgan fingerprint density at radius 3 is 2.43 bits per heavy atom. The van der Waals surface area contributed by atoms with Gasteiger partial charge in [0.2, 0.25) is 5.91 Å². The molecule has 0 heterocycles. The molecular formula is C14H16F3NO3. The summed E-state index contributed by atoms with van der Waals surface area (Å²) in [6.07, 6.45) is -4.97. The second-order valence-corrected chi connectivity index (χ2v) is 4.56. The summed E-state index contributed by atoms with van der Waals surface area (Å²) in [5, 5.41) is 11.4. The van der Waals surface area contributed by atoms with E-state index in [2.05, 4.69) is 5.32 Å². The van der Waals surface area contributed by atoms with E-state index in [0.717, 1.165) is 0 Å². The van der Waals surface area contributed by atoms with Crippen molar-refractivity contribution in [3.8, 4) is 0 Å². The van der Waals surface area contributed by atoms with E-state index in [1.54, 1.807) is 12.1 Å². The summed E-state index contributed by atoms with van der Waals surface area (Å²) in [5.74, 6) is -1.53. The first-order chi connectivity index (χ1) is 9.79. The fraction of sp³-hybridized carbons (Fsp3) is 0.429. The lowest BCUT2D eigenvalue weighted by atomic mass is 10.0. The number of halogens is 3. The zero-order chi connectivity index (χ0) is 15.9. The number of amides is 1. The molecule has 7 heteroatoms. The minimum atomic E-state index is -4.18. The number of carbonyl (C=O) groups excluding carboxylic acids is 1. The van der Waals surface area contributed by atoms with Crippen molar-refractivity contribution in [1.82, 2.24) is 5.32 Å². The topological polar surface area (TPSA) is 66.4 Å². The van der Waals surface area contributed by atoms with Crippen LogP contribution in [0.15, 0.2) is 24.3 Å². The molecule has 1 amide bonds. The molecule has 0 unspecified atom stereocenters. The molecular weight excluding hydrogens is 287 g/mol. The normalized spacial score (nSPS) is 11.2. The Morgan fingerprint density at radius 2 is 1.81 bits per heavy atom. The Balaban J connectivity index is 2.36. The third kappa shape index (κ3) is 6.78. The van der Waals surface area contributed by atoms with Gasteiger partial charge in [0, 0.05) is 13.0 Å². The van der Waals surface area contributed by atoms with Crippen LogP contribution in [0.1, 0.15) is 35.2 Å². The van der Waals surface area contributed by atoms with Crippen molar-refractivity contribution in [3.05, 3.63) is 35.4 Å². The van der Waals surface area contributed by atoms with Gasteiger partial charge in [-0.1, -0.05) is 18.2 Å². The first-order valence-corrected chi connectivity index (χ1v) is 6.44. The van der Waals surface area contributed by atoms with Gasteiger partial charge in [0.1, 0.15) is 0 Å². The lowest BCUT2D eigenvalue weighted by Gasteiger charge is -2.08. The molecule has 0 radical (unpaired) electrons. The van der Waals surface area contributed by atoms with E-state index in [9.17, 15) is 22.8 Å². The van der Waals surface area contributed by atoms with Crippen molar-refractivity contribution in [2.75, 3.05) is 6.54 Å². The first-order valence-electron chi connectivity index (χ1n) is 6.44. The maximum Gasteiger partial charge on any atom is 0.389 e. The lowest BCUT2D eigenvalue weighted by molar-refractivity contribution is -0.135. The summed E-state index contributed by atoms with van der Waals surface area (Å²) in [7, 11) is 0. The molecule has 1 aromatic carbocycles. The van der Waals surface area contributed by atoms with E-state index in [0.29, 0.717) is 5.56 Å². The number of carboxylic acids is 1. The van der Waals surface area contributed by atoms with Crippen molar-refractivity contribution in [1.29, 1.82) is 0 Å². The van der Waals surface area contributed by atoms with Crippen LogP contribution in [0.25, 0.3) is 0 Å². The van der Waals surface area contributed by atoms with Crippen LogP contribution in [0, 0.1) is 0 Å². The highest BCUT2D eigenvalue weighted by molar-refractivity contribution is 5.91. The van der Waals surface area contributed by atoms with Crippen molar-refractivity contribution in [2.24, 2.45) is 0 Å². The maximum absolute atomic E-state index is 11.9. The number of rotatable bonds is 7. The smallest absolute Gasteiger partial charge is 0.389 e. The Labute approximate surface area is 120 Å². The summed E-state index contributed by atoms with van der Waals surface area (Å²) in [4.78, 5) is 22.6. The Kier molecular flexibility index (Phi) is 6.20. The van der Waals surface area contributed by atoms with Crippen LogP contribution in [0.3, 0.4) is 0 Å². The van der Waals surface area contributed by atoms with E-state index >= 15 is 0 Å². The number of alkyl halides is 3. The Morgan fingerprint density at radius 1 is 1.14 bits per heavy atom. The fourth-order valence-electron chi connectivity index (χ4n) is 1.80. The summed E-state index contributed by atoms with van der Waals surface area (Å²) in [5.41, 5.74) is 0.419. The van der Waals surface area contributed by atoms with E-state index in [1.165, 1.54) is 12.1 Å². The molecule has 2 N–H and O–H groups in total. The number of hydrogen-bond donors (Lipinski definition) is 2. The number of carboxylic acid groups (broad SMARTS) is 1. The van der Waals surface area contributed by atoms with E-state index in [1.807, 2.05) is 0 Å². The van der Waals surface area contributed by atoms with Gasteiger partial charge in [0.25, 0.3) is 0 Å². The summed E-state index contributed by atoms with van der Waals surface area (Å²) in [6, 6.07) is 6.11. The van der Waals surface area contributed by atoms with Gasteiger partial charge in [-0.3, -0.25) is 4.79 Å². The van der Waals surface area contributed by atoms with Gasteiger partial charge in [-0.2, -0.15) is 13.2 Å². The Hall–Kier alpha value is -2.05. The molecule has 0 aliphatic heterocycles. The van der Waals surface area contributed by atoms with Crippen LogP contribution < -0.4 is 5.32 Å². The molecule has 21 heavy (non-hydrogen) atoms. The molecule has 4 nitrogen and oxygen atoms in total. The molecule has 0 atom stereocenters. The predicted octanol–water partition coefficient (Wildman–Crippen LogP) is 2.78. The quantitative estimate of drug-likeness (QED) is 0.761. The highest BCUT2D eigenvalue weighted by Gasteiger charge is 2.25. The largest absolute Gasteiger partial charge is 0.478 e. The number of benzene rings is 1. The molecule has 1 rings (SSSR count). The predicted molar refractivity (Wildman–Crippen MR) is 70.0 cm³/mol. The maximum atomic E-state index is 11.9. The van der Waals surface area contributed by atoms with Crippen LogP contribution in [0.5, 0.6) is 0 Å². The number of unbranched alkanes of at least 4 members (excludes halogenated alkanes) is 1. The summed E-state index contributed by atoms with van der Waals surface area (Å²) in [6.45, 7) is 0.143. The van der Waals surface area contributed by atoms with Crippen LogP contribution in [-0.4, -0.2) is 29.7 Å². The third-order valence-corrected chi connectivity index (χ3v) is 2.81. The molecule has 1 aromatic rings. The van der Waals surface area contributed by atoms with E-state index < -0.39 is 24.5 Å². The second kappa shape index (κ2) is 7.66. The highest BCUT2D eigenvalue weighted by Crippen LogP contribution is 2.21. The molecule has 0 aromatic heterocycles. The molecule has 0 saturated carbocycles. The van der Waals surface area contributed by atoms with Gasteiger partial charge in [0.15, 0.2) is 0 Å². The Bertz CT molecular complexity index is 500. The number of aromatic carboxylic acids is 1. The van der Waals surface area contributed by atoms with Gasteiger partial charge in [-0.05, 0) is 24.5 Å². The van der Waals surface area contributed by atoms with Crippen LogP contribution in [-0.2, 0) is 11.2 Å². The summed E-state index contributed by atoms with van der Waals surface area (Å²) >= 11 is 0. The third-order valence-electron chi connectivity index (χ3n) is 2.81. The van der Waals surface area contributed by atoms with Gasteiger partial charge in [-0.15, -0.1) is 0 Å². The number of hydrogen-bond acceptors (Lipinski definition) is 2. The minimum absolute atomic E-state index is 0.0460. The fourth-order valence-corrected chi connectivity index (χ4v) is 1.80. The molecule has 0 aliphatic carbocycles. The minimum Gasteiger partial charge on any atom is -0.478 e. The highest BCUT2D eigenvalue weighted by atomic mass is 19.4. The van der Waals surface area contributed by atoms with Gasteiger partial charge in [-0.25, -0.2) is 4.79 Å². The number of nitrogens with one attached hydrogen (secondary N) is 1. The molecule has 0 saturated heterocycles. The molecule has 0 spiro atoms.